The molecule has 0 unspecified atom stereocenters. The van der Waals surface area contributed by atoms with Crippen LogP contribution in [0.4, 0.5) is 0 Å². The highest BCUT2D eigenvalue weighted by atomic mass is 32.1. The predicted molar refractivity (Wildman–Crippen MR) is 105 cm³/mol. The molecule has 27 heavy (non-hydrogen) atoms. The van der Waals surface area contributed by atoms with Crippen molar-refractivity contribution in [3.05, 3.63) is 58.9 Å². The van der Waals surface area contributed by atoms with Crippen LogP contribution in [0.3, 0.4) is 0 Å². The summed E-state index contributed by atoms with van der Waals surface area (Å²) >= 11 is 5.31. The number of carbonyl (C=O) groups is 1. The lowest BCUT2D eigenvalue weighted by molar-refractivity contribution is -0.131. The minimum atomic E-state index is -0.359. The highest BCUT2D eigenvalue weighted by Gasteiger charge is 2.10. The fourth-order valence-electron chi connectivity index (χ4n) is 2.45. The first-order valence-corrected chi connectivity index (χ1v) is 8.55. The first kappa shape index (κ1) is 18.5. The Morgan fingerprint density at radius 2 is 1.70 bits per heavy atom. The molecule has 0 radical (unpaired) electrons. The van der Waals surface area contributed by atoms with Crippen molar-refractivity contribution in [1.82, 2.24) is 14.9 Å². The number of ether oxygens (including phenoxy) is 2. The standard InChI is InChI=1S/C19H18N4O3S/c1-12(14-4-10-17(11-5-14)26-13(2)24)22-23-18(20-21-19(23)27)15-6-8-16(25-3)9-7-15/h4-11H,1-3H3,(H,21,27). The van der Waals surface area contributed by atoms with Crippen LogP contribution in [0.2, 0.25) is 0 Å². The van der Waals surface area contributed by atoms with Gasteiger partial charge in [0.1, 0.15) is 11.5 Å². The van der Waals surface area contributed by atoms with E-state index < -0.39 is 0 Å². The van der Waals surface area contributed by atoms with Crippen molar-refractivity contribution in [2.75, 3.05) is 7.11 Å². The summed E-state index contributed by atoms with van der Waals surface area (Å²) in [5.74, 6) is 1.48. The molecule has 8 heteroatoms. The molecule has 138 valence electrons. The van der Waals surface area contributed by atoms with Crippen molar-refractivity contribution >= 4 is 23.9 Å². The average molecular weight is 382 g/mol. The van der Waals surface area contributed by atoms with Gasteiger partial charge in [-0.3, -0.25) is 4.79 Å². The van der Waals surface area contributed by atoms with Crippen LogP contribution >= 0.6 is 12.2 Å². The van der Waals surface area contributed by atoms with Gasteiger partial charge in [0.25, 0.3) is 0 Å². The fraction of sp³-hybridized carbons (Fsp3) is 0.158. The molecule has 0 aliphatic heterocycles. The van der Waals surface area contributed by atoms with E-state index in [0.29, 0.717) is 16.3 Å². The van der Waals surface area contributed by atoms with Gasteiger partial charge in [-0.15, -0.1) is 0 Å². The number of carbonyl (C=O) groups excluding carboxylic acids is 1. The number of methoxy groups -OCH3 is 1. The van der Waals surface area contributed by atoms with Gasteiger partial charge in [0.2, 0.25) is 4.77 Å². The monoisotopic (exact) mass is 382 g/mol. The Kier molecular flexibility index (Phi) is 5.46. The molecule has 7 nitrogen and oxygen atoms in total. The summed E-state index contributed by atoms with van der Waals surface area (Å²) in [4.78, 5) is 11.0. The smallest absolute Gasteiger partial charge is 0.308 e. The van der Waals surface area contributed by atoms with Crippen molar-refractivity contribution < 1.29 is 14.3 Å². The number of rotatable bonds is 5. The maximum Gasteiger partial charge on any atom is 0.308 e. The Bertz CT molecular complexity index is 1030. The van der Waals surface area contributed by atoms with Crippen LogP contribution in [-0.4, -0.2) is 33.7 Å². The number of hydrogen-bond donors (Lipinski definition) is 1. The Hall–Kier alpha value is -3.26. The Morgan fingerprint density at radius 1 is 1.07 bits per heavy atom. The third-order valence-electron chi connectivity index (χ3n) is 3.78. The minimum absolute atomic E-state index is 0.359. The van der Waals surface area contributed by atoms with E-state index in [-0.39, 0.29) is 5.97 Å². The molecule has 0 atom stereocenters. The number of benzene rings is 2. The Labute approximate surface area is 161 Å². The van der Waals surface area contributed by atoms with Crippen molar-refractivity contribution in [3.8, 4) is 22.9 Å². The number of aromatic amines is 1. The Balaban J connectivity index is 1.93. The third kappa shape index (κ3) is 4.29. The van der Waals surface area contributed by atoms with Gasteiger partial charge in [-0.1, -0.05) is 0 Å². The van der Waals surface area contributed by atoms with Crippen LogP contribution < -0.4 is 9.47 Å². The molecule has 3 rings (SSSR count). The van der Waals surface area contributed by atoms with Gasteiger partial charge in [0, 0.05) is 12.5 Å². The van der Waals surface area contributed by atoms with E-state index in [4.69, 9.17) is 21.7 Å². The molecule has 1 N–H and O–H groups in total. The predicted octanol–water partition coefficient (Wildman–Crippen LogP) is 3.81. The zero-order valence-corrected chi connectivity index (χ0v) is 15.9. The molecule has 0 bridgehead atoms. The van der Waals surface area contributed by atoms with E-state index in [9.17, 15) is 4.79 Å². The molecule has 0 fully saturated rings. The largest absolute Gasteiger partial charge is 0.497 e. The van der Waals surface area contributed by atoms with Crippen LogP contribution in [0, 0.1) is 4.77 Å². The second-order valence-corrected chi connectivity index (χ2v) is 6.08. The first-order valence-electron chi connectivity index (χ1n) is 8.14. The molecular formula is C19H18N4O3S. The number of nitrogens with zero attached hydrogens (tertiary/aromatic N) is 3. The van der Waals surface area contributed by atoms with E-state index >= 15 is 0 Å². The van der Waals surface area contributed by atoms with Gasteiger partial charge in [-0.2, -0.15) is 14.9 Å². The van der Waals surface area contributed by atoms with Crippen molar-refractivity contribution in [3.63, 3.8) is 0 Å². The van der Waals surface area contributed by atoms with Crippen LogP contribution in [0.25, 0.3) is 11.4 Å². The van der Waals surface area contributed by atoms with Gasteiger partial charge >= 0.3 is 5.97 Å². The zero-order chi connectivity index (χ0) is 19.4. The number of esters is 1. The lowest BCUT2D eigenvalue weighted by Gasteiger charge is -2.06. The second-order valence-electron chi connectivity index (χ2n) is 5.70. The number of nitrogens with one attached hydrogen (secondary N) is 1. The maximum atomic E-state index is 11.0. The summed E-state index contributed by atoms with van der Waals surface area (Å²) in [6.45, 7) is 3.23. The summed E-state index contributed by atoms with van der Waals surface area (Å²) < 4.78 is 12.2. The molecule has 2 aromatic carbocycles. The molecule has 0 saturated heterocycles. The van der Waals surface area contributed by atoms with Crippen molar-refractivity contribution in [1.29, 1.82) is 0 Å². The highest BCUT2D eigenvalue weighted by Crippen LogP contribution is 2.21. The lowest BCUT2D eigenvalue weighted by Crippen LogP contribution is -2.03. The van der Waals surface area contributed by atoms with Gasteiger partial charge in [0.05, 0.1) is 12.8 Å². The fourth-order valence-corrected chi connectivity index (χ4v) is 2.62. The third-order valence-corrected chi connectivity index (χ3v) is 4.05. The van der Waals surface area contributed by atoms with Crippen LogP contribution in [-0.2, 0) is 4.79 Å². The van der Waals surface area contributed by atoms with Gasteiger partial charge in [0.15, 0.2) is 5.82 Å². The summed E-state index contributed by atoms with van der Waals surface area (Å²) in [6, 6.07) is 14.6. The summed E-state index contributed by atoms with van der Waals surface area (Å²) in [6.07, 6.45) is 0. The van der Waals surface area contributed by atoms with Crippen LogP contribution in [0.1, 0.15) is 19.4 Å². The minimum Gasteiger partial charge on any atom is -0.497 e. The number of hydrogen-bond acceptors (Lipinski definition) is 6. The molecule has 1 heterocycles. The average Bonchev–Trinajstić information content (AvgIpc) is 3.02. The van der Waals surface area contributed by atoms with E-state index in [1.807, 2.05) is 43.3 Å². The molecule has 0 spiro atoms. The molecule has 0 amide bonds. The maximum absolute atomic E-state index is 11.0. The molecule has 0 aliphatic rings. The zero-order valence-electron chi connectivity index (χ0n) is 15.1. The van der Waals surface area contributed by atoms with Gasteiger partial charge in [-0.25, -0.2) is 5.10 Å². The number of aromatic nitrogens is 3. The summed E-state index contributed by atoms with van der Waals surface area (Å²) in [7, 11) is 1.62. The van der Waals surface area contributed by atoms with Gasteiger partial charge in [-0.05, 0) is 73.2 Å². The quantitative estimate of drug-likeness (QED) is 0.314. The summed E-state index contributed by atoms with van der Waals surface area (Å²) in [5.41, 5.74) is 2.45. The van der Waals surface area contributed by atoms with Crippen molar-refractivity contribution in [2.24, 2.45) is 5.10 Å². The molecule has 0 saturated carbocycles. The normalized spacial score (nSPS) is 11.3. The Morgan fingerprint density at radius 3 is 2.30 bits per heavy atom. The van der Waals surface area contributed by atoms with Crippen LogP contribution in [0.15, 0.2) is 53.6 Å². The number of H-pyrrole nitrogens is 1. The van der Waals surface area contributed by atoms with E-state index in [2.05, 4.69) is 15.3 Å². The summed E-state index contributed by atoms with van der Waals surface area (Å²) in [5, 5.41) is 11.6. The van der Waals surface area contributed by atoms with Crippen molar-refractivity contribution in [2.45, 2.75) is 13.8 Å². The molecular weight excluding hydrogens is 364 g/mol. The lowest BCUT2D eigenvalue weighted by atomic mass is 10.1. The SMILES string of the molecule is COc1ccc(-c2n[nH]c(=S)n2N=C(C)c2ccc(OC(C)=O)cc2)cc1. The van der Waals surface area contributed by atoms with E-state index in [1.165, 1.54) is 6.92 Å². The molecule has 0 aliphatic carbocycles. The van der Waals surface area contributed by atoms with E-state index in [1.54, 1.807) is 23.9 Å². The topological polar surface area (TPSA) is 81.5 Å². The highest BCUT2D eigenvalue weighted by molar-refractivity contribution is 7.71. The first-order chi connectivity index (χ1) is 13.0. The van der Waals surface area contributed by atoms with Crippen LogP contribution in [0.5, 0.6) is 11.5 Å². The van der Waals surface area contributed by atoms with Gasteiger partial charge < -0.3 is 9.47 Å². The molecule has 3 aromatic rings. The second kappa shape index (κ2) is 7.96. The van der Waals surface area contributed by atoms with E-state index in [0.717, 1.165) is 22.6 Å². The molecule has 1 aromatic heterocycles.